The number of H-pyrrole nitrogens is 1. The van der Waals surface area contributed by atoms with E-state index in [1.54, 1.807) is 7.11 Å². The fraction of sp³-hybridized carbons (Fsp3) is 0.440. The minimum Gasteiger partial charge on any atom is -0.496 e. The van der Waals surface area contributed by atoms with Gasteiger partial charge < -0.3 is 15.0 Å². The highest BCUT2D eigenvalue weighted by Crippen LogP contribution is 2.45. The SMILES string of the molecule is COc1cccc2c1CC[C@H]1CNC(CCn3c(=O)[nH]c4c(sc5nc(C)c(C)nc54)c3=O)[C@@H]21.Cl. The van der Waals surface area contributed by atoms with Crippen LogP contribution in [-0.2, 0) is 13.0 Å². The predicted octanol–water partition coefficient (Wildman–Crippen LogP) is 3.45. The highest BCUT2D eigenvalue weighted by molar-refractivity contribution is 7.25. The number of methoxy groups -OCH3 is 1. The number of rotatable bonds is 4. The highest BCUT2D eigenvalue weighted by Gasteiger charge is 2.40. The maximum Gasteiger partial charge on any atom is 0.328 e. The van der Waals surface area contributed by atoms with Gasteiger partial charge in [-0.25, -0.2) is 14.8 Å². The lowest BCUT2D eigenvalue weighted by Gasteiger charge is -2.32. The molecule has 2 aliphatic rings. The zero-order valence-corrected chi connectivity index (χ0v) is 21.5. The molecule has 3 aromatic heterocycles. The lowest BCUT2D eigenvalue weighted by molar-refractivity contribution is 0.371. The Morgan fingerprint density at radius 1 is 1.20 bits per heavy atom. The van der Waals surface area contributed by atoms with E-state index < -0.39 is 5.69 Å². The van der Waals surface area contributed by atoms with Gasteiger partial charge in [0.25, 0.3) is 5.56 Å². The Bertz CT molecular complexity index is 1560. The van der Waals surface area contributed by atoms with Crippen molar-refractivity contribution in [2.45, 2.75) is 51.6 Å². The average molecular weight is 514 g/mol. The van der Waals surface area contributed by atoms with Crippen molar-refractivity contribution in [3.05, 3.63) is 61.6 Å². The van der Waals surface area contributed by atoms with Gasteiger partial charge >= 0.3 is 5.69 Å². The molecular formula is C25H28ClN5O3S. The second-order valence-corrected chi connectivity index (χ2v) is 10.4. The molecule has 1 saturated heterocycles. The van der Waals surface area contributed by atoms with E-state index in [4.69, 9.17) is 4.74 Å². The first kappa shape index (κ1) is 24.0. The van der Waals surface area contributed by atoms with Crippen molar-refractivity contribution < 1.29 is 4.74 Å². The molecule has 0 saturated carbocycles. The van der Waals surface area contributed by atoms with Crippen LogP contribution in [0.4, 0.5) is 0 Å². The molecule has 3 atom stereocenters. The number of hydrogen-bond acceptors (Lipinski definition) is 7. The lowest BCUT2D eigenvalue weighted by Crippen LogP contribution is -2.37. The van der Waals surface area contributed by atoms with Gasteiger partial charge in [0.1, 0.15) is 20.8 Å². The minimum atomic E-state index is -0.391. The van der Waals surface area contributed by atoms with Crippen LogP contribution in [0.15, 0.2) is 27.8 Å². The summed E-state index contributed by atoms with van der Waals surface area (Å²) in [5.41, 5.74) is 4.70. The summed E-state index contributed by atoms with van der Waals surface area (Å²) < 4.78 is 7.46. The van der Waals surface area contributed by atoms with E-state index in [0.717, 1.165) is 36.5 Å². The number of ether oxygens (including phenoxy) is 1. The topological polar surface area (TPSA) is 102 Å². The van der Waals surface area contributed by atoms with Crippen molar-refractivity contribution in [3.63, 3.8) is 0 Å². The maximum absolute atomic E-state index is 13.3. The zero-order chi connectivity index (χ0) is 23.6. The minimum absolute atomic E-state index is 0. The molecule has 0 spiro atoms. The van der Waals surface area contributed by atoms with Gasteiger partial charge in [0, 0.05) is 18.5 Å². The molecule has 0 amide bonds. The number of aryl methyl sites for hydroxylation is 2. The van der Waals surface area contributed by atoms with Crippen molar-refractivity contribution in [2.24, 2.45) is 5.92 Å². The van der Waals surface area contributed by atoms with Crippen LogP contribution < -0.4 is 21.3 Å². The number of thiophene rings is 1. The molecule has 1 fully saturated rings. The third-order valence-corrected chi connectivity index (χ3v) is 8.68. The molecule has 10 heteroatoms. The first-order valence-corrected chi connectivity index (χ1v) is 12.6. The molecule has 1 aliphatic heterocycles. The van der Waals surface area contributed by atoms with Gasteiger partial charge in [0.2, 0.25) is 0 Å². The van der Waals surface area contributed by atoms with Crippen LogP contribution in [0, 0.1) is 19.8 Å². The van der Waals surface area contributed by atoms with Crippen molar-refractivity contribution in [2.75, 3.05) is 13.7 Å². The van der Waals surface area contributed by atoms with Crippen molar-refractivity contribution >= 4 is 44.3 Å². The smallest absolute Gasteiger partial charge is 0.328 e. The van der Waals surface area contributed by atoms with E-state index >= 15 is 0 Å². The highest BCUT2D eigenvalue weighted by atomic mass is 35.5. The number of aromatic amines is 1. The Hall–Kier alpha value is -2.75. The summed E-state index contributed by atoms with van der Waals surface area (Å²) in [5, 5.41) is 3.67. The Morgan fingerprint density at radius 3 is 2.80 bits per heavy atom. The summed E-state index contributed by atoms with van der Waals surface area (Å²) in [7, 11) is 1.72. The molecule has 184 valence electrons. The fourth-order valence-electron chi connectivity index (χ4n) is 5.80. The molecule has 1 aliphatic carbocycles. The molecule has 6 rings (SSSR count). The van der Waals surface area contributed by atoms with Gasteiger partial charge in [-0.1, -0.05) is 12.1 Å². The molecule has 35 heavy (non-hydrogen) atoms. The number of aromatic nitrogens is 4. The summed E-state index contributed by atoms with van der Waals surface area (Å²) in [6, 6.07) is 6.50. The second-order valence-electron chi connectivity index (χ2n) is 9.40. The normalized spacial score (nSPS) is 21.1. The van der Waals surface area contributed by atoms with Gasteiger partial charge in [-0.05, 0) is 62.8 Å². The van der Waals surface area contributed by atoms with Crippen LogP contribution in [0.25, 0.3) is 20.6 Å². The lowest BCUT2D eigenvalue weighted by atomic mass is 9.73. The summed E-state index contributed by atoms with van der Waals surface area (Å²) in [6.45, 7) is 5.10. The molecule has 0 radical (unpaired) electrons. The first-order chi connectivity index (χ1) is 16.5. The third kappa shape index (κ3) is 3.77. The second kappa shape index (κ2) is 9.04. The first-order valence-electron chi connectivity index (χ1n) is 11.8. The summed E-state index contributed by atoms with van der Waals surface area (Å²) in [4.78, 5) is 39.0. The Morgan fingerprint density at radius 2 is 2.00 bits per heavy atom. The quantitative estimate of drug-likeness (QED) is 0.433. The molecule has 8 nitrogen and oxygen atoms in total. The number of fused-ring (bicyclic) bond motifs is 6. The molecule has 1 aromatic carbocycles. The predicted molar refractivity (Wildman–Crippen MR) is 140 cm³/mol. The molecule has 4 heterocycles. The van der Waals surface area contributed by atoms with E-state index in [0.29, 0.717) is 45.4 Å². The van der Waals surface area contributed by atoms with Gasteiger partial charge in [0.05, 0.1) is 24.0 Å². The Labute approximate surface area is 212 Å². The van der Waals surface area contributed by atoms with E-state index in [1.807, 2.05) is 19.9 Å². The molecular weight excluding hydrogens is 486 g/mol. The monoisotopic (exact) mass is 513 g/mol. The molecule has 1 unspecified atom stereocenters. The summed E-state index contributed by atoms with van der Waals surface area (Å²) in [6.07, 6.45) is 2.85. The van der Waals surface area contributed by atoms with E-state index in [2.05, 4.69) is 32.4 Å². The maximum atomic E-state index is 13.3. The van der Waals surface area contributed by atoms with Gasteiger partial charge in [-0.3, -0.25) is 9.36 Å². The summed E-state index contributed by atoms with van der Waals surface area (Å²) >= 11 is 1.30. The van der Waals surface area contributed by atoms with Crippen LogP contribution in [0.2, 0.25) is 0 Å². The molecule has 0 bridgehead atoms. The number of halogens is 1. The molecule has 2 N–H and O–H groups in total. The van der Waals surface area contributed by atoms with E-state index in [1.165, 1.54) is 27.0 Å². The largest absolute Gasteiger partial charge is 0.496 e. The standard InChI is InChI=1S/C25H27N5O3S.ClH/c1-12-13(2)28-23-21(27-12)20-22(34-23)24(31)30(25(32)29-20)10-9-17-19-14(11-26-17)7-8-15-16(19)5-4-6-18(15)33-3;/h4-6,14,17,19,26H,7-11H2,1-3H3,(H,29,32);1H/t14-,17?,19+;/m0./s1. The molecule has 4 aromatic rings. The van der Waals surface area contributed by atoms with Gasteiger partial charge in [-0.2, -0.15) is 0 Å². The fourth-order valence-corrected chi connectivity index (χ4v) is 6.87. The number of benzene rings is 1. The van der Waals surface area contributed by atoms with Gasteiger partial charge in [-0.15, -0.1) is 23.7 Å². The number of hydrogen-bond donors (Lipinski definition) is 2. The van der Waals surface area contributed by atoms with E-state index in [-0.39, 0.29) is 24.0 Å². The van der Waals surface area contributed by atoms with Crippen LogP contribution in [-0.4, -0.2) is 39.2 Å². The Kier molecular flexibility index (Phi) is 6.19. The van der Waals surface area contributed by atoms with Crippen molar-refractivity contribution in [3.8, 4) is 5.75 Å². The zero-order valence-electron chi connectivity index (χ0n) is 19.9. The van der Waals surface area contributed by atoms with Crippen LogP contribution in [0.1, 0.15) is 41.3 Å². The van der Waals surface area contributed by atoms with Gasteiger partial charge in [0.15, 0.2) is 0 Å². The number of nitrogens with zero attached hydrogens (tertiary/aromatic N) is 3. The third-order valence-electron chi connectivity index (χ3n) is 7.61. The van der Waals surface area contributed by atoms with E-state index in [9.17, 15) is 9.59 Å². The van der Waals surface area contributed by atoms with Crippen LogP contribution in [0.5, 0.6) is 5.75 Å². The Balaban J connectivity index is 0.00000253. The summed E-state index contributed by atoms with van der Waals surface area (Å²) in [5.74, 6) is 1.88. The van der Waals surface area contributed by atoms with Crippen LogP contribution in [0.3, 0.4) is 0 Å². The average Bonchev–Trinajstić information content (AvgIpc) is 3.40. The number of nitrogens with one attached hydrogen (secondary N) is 2. The van der Waals surface area contributed by atoms with Crippen molar-refractivity contribution in [1.29, 1.82) is 0 Å². The van der Waals surface area contributed by atoms with Crippen LogP contribution >= 0.6 is 23.7 Å². The van der Waals surface area contributed by atoms with Crippen molar-refractivity contribution in [1.82, 2.24) is 24.8 Å².